The van der Waals surface area contributed by atoms with Crippen molar-refractivity contribution in [1.82, 2.24) is 5.32 Å². The molecule has 4 heteroatoms. The Balaban J connectivity index is 3.93. The predicted molar refractivity (Wildman–Crippen MR) is 66.0 cm³/mol. The first-order chi connectivity index (χ1) is 7.66. The van der Waals surface area contributed by atoms with Gasteiger partial charge in [-0.05, 0) is 32.1 Å². The second-order valence-electron chi connectivity index (χ2n) is 4.23. The fraction of sp³-hybridized carbons (Fsp3) is 0.917. The Bertz CT molecular complexity index is 183. The first-order valence-corrected chi connectivity index (χ1v) is 6.26. The van der Waals surface area contributed by atoms with Crippen molar-refractivity contribution >= 4 is 5.91 Å². The smallest absolute Gasteiger partial charge is 0.227 e. The number of carbonyl (C=O) groups excluding carboxylic acids is 1. The van der Waals surface area contributed by atoms with Crippen molar-refractivity contribution in [2.75, 3.05) is 19.7 Å². The molecule has 0 atom stereocenters. The van der Waals surface area contributed by atoms with E-state index in [1.807, 2.05) is 13.8 Å². The van der Waals surface area contributed by atoms with E-state index in [-0.39, 0.29) is 12.5 Å². The Morgan fingerprint density at radius 1 is 1.25 bits per heavy atom. The van der Waals surface area contributed by atoms with Crippen LogP contribution in [0.25, 0.3) is 0 Å². The molecule has 0 spiro atoms. The topological polar surface area (TPSA) is 75.4 Å². The van der Waals surface area contributed by atoms with E-state index in [9.17, 15) is 4.79 Å². The highest BCUT2D eigenvalue weighted by Crippen LogP contribution is 2.24. The molecule has 4 N–H and O–H groups in total. The fourth-order valence-electron chi connectivity index (χ4n) is 1.76. The second-order valence-corrected chi connectivity index (χ2v) is 4.23. The number of hydrogen-bond acceptors (Lipinski definition) is 3. The molecule has 0 aromatic rings. The third-order valence-corrected chi connectivity index (χ3v) is 3.35. The normalized spacial score (nSPS) is 11.5. The van der Waals surface area contributed by atoms with Gasteiger partial charge in [0.15, 0.2) is 0 Å². The molecule has 96 valence electrons. The number of hydrogen-bond donors (Lipinski definition) is 3. The number of rotatable bonds is 9. The molecule has 0 rings (SSSR count). The summed E-state index contributed by atoms with van der Waals surface area (Å²) in [5.74, 6) is 0.0731. The van der Waals surface area contributed by atoms with E-state index in [1.54, 1.807) is 0 Å². The van der Waals surface area contributed by atoms with E-state index in [4.69, 9.17) is 10.8 Å². The zero-order valence-corrected chi connectivity index (χ0v) is 10.6. The lowest BCUT2D eigenvalue weighted by atomic mass is 9.81. The molecular weight excluding hydrogens is 204 g/mol. The van der Waals surface area contributed by atoms with Crippen LogP contribution >= 0.6 is 0 Å². The van der Waals surface area contributed by atoms with Crippen LogP contribution in [0.3, 0.4) is 0 Å². The molecule has 0 aromatic carbocycles. The van der Waals surface area contributed by atoms with Crippen LogP contribution in [0.15, 0.2) is 0 Å². The van der Waals surface area contributed by atoms with E-state index in [0.717, 1.165) is 32.1 Å². The zero-order chi connectivity index (χ0) is 12.4. The van der Waals surface area contributed by atoms with E-state index in [0.29, 0.717) is 13.1 Å². The molecule has 1 amide bonds. The van der Waals surface area contributed by atoms with Gasteiger partial charge in [0.1, 0.15) is 0 Å². The van der Waals surface area contributed by atoms with Gasteiger partial charge in [0.05, 0.1) is 5.41 Å². The lowest BCUT2D eigenvalue weighted by Gasteiger charge is -2.28. The first kappa shape index (κ1) is 15.4. The molecule has 0 bridgehead atoms. The van der Waals surface area contributed by atoms with Crippen molar-refractivity contribution in [3.63, 3.8) is 0 Å². The van der Waals surface area contributed by atoms with Crippen molar-refractivity contribution in [1.29, 1.82) is 0 Å². The van der Waals surface area contributed by atoms with Crippen LogP contribution in [0.2, 0.25) is 0 Å². The maximum Gasteiger partial charge on any atom is 0.227 e. The highest BCUT2D eigenvalue weighted by molar-refractivity contribution is 5.82. The quantitative estimate of drug-likeness (QED) is 0.518. The first-order valence-electron chi connectivity index (χ1n) is 6.26. The van der Waals surface area contributed by atoms with Crippen LogP contribution < -0.4 is 11.1 Å². The summed E-state index contributed by atoms with van der Waals surface area (Å²) in [6.07, 6.45) is 4.23. The molecule has 0 radical (unpaired) electrons. The van der Waals surface area contributed by atoms with Gasteiger partial charge < -0.3 is 16.2 Å². The molecular formula is C12H26N2O2. The summed E-state index contributed by atoms with van der Waals surface area (Å²) in [5.41, 5.74) is 5.30. The third-order valence-electron chi connectivity index (χ3n) is 3.35. The lowest BCUT2D eigenvalue weighted by Crippen LogP contribution is -2.45. The summed E-state index contributed by atoms with van der Waals surface area (Å²) in [6.45, 7) is 5.32. The molecule has 0 aliphatic heterocycles. The number of nitrogens with one attached hydrogen (secondary N) is 1. The Morgan fingerprint density at radius 3 is 2.31 bits per heavy atom. The van der Waals surface area contributed by atoms with Gasteiger partial charge in [-0.2, -0.15) is 0 Å². The van der Waals surface area contributed by atoms with Crippen molar-refractivity contribution in [3.05, 3.63) is 0 Å². The van der Waals surface area contributed by atoms with Crippen LogP contribution in [0, 0.1) is 5.41 Å². The Labute approximate surface area is 98.6 Å². The van der Waals surface area contributed by atoms with Gasteiger partial charge in [-0.1, -0.05) is 13.8 Å². The monoisotopic (exact) mass is 230 g/mol. The number of aliphatic hydroxyl groups is 1. The van der Waals surface area contributed by atoms with Crippen molar-refractivity contribution in [2.24, 2.45) is 11.1 Å². The third kappa shape index (κ3) is 4.49. The summed E-state index contributed by atoms with van der Waals surface area (Å²) >= 11 is 0. The number of nitrogens with two attached hydrogens (primary N) is 1. The lowest BCUT2D eigenvalue weighted by molar-refractivity contribution is -0.131. The van der Waals surface area contributed by atoms with Crippen molar-refractivity contribution < 1.29 is 9.90 Å². The second kappa shape index (κ2) is 8.53. The molecule has 0 aromatic heterocycles. The summed E-state index contributed by atoms with van der Waals surface area (Å²) in [6, 6.07) is 0. The summed E-state index contributed by atoms with van der Waals surface area (Å²) < 4.78 is 0. The van der Waals surface area contributed by atoms with Crippen LogP contribution in [0.1, 0.15) is 46.0 Å². The highest BCUT2D eigenvalue weighted by Gasteiger charge is 2.32. The van der Waals surface area contributed by atoms with E-state index in [1.165, 1.54) is 0 Å². The van der Waals surface area contributed by atoms with Crippen LogP contribution in [0.4, 0.5) is 0 Å². The van der Waals surface area contributed by atoms with Crippen LogP contribution in [-0.4, -0.2) is 30.7 Å². The molecule has 0 fully saturated rings. The summed E-state index contributed by atoms with van der Waals surface area (Å²) in [5, 5.41) is 11.5. The minimum absolute atomic E-state index is 0.0731. The molecule has 0 unspecified atom stereocenters. The van der Waals surface area contributed by atoms with Crippen LogP contribution in [0.5, 0.6) is 0 Å². The largest absolute Gasteiger partial charge is 0.396 e. The highest BCUT2D eigenvalue weighted by atomic mass is 16.2. The molecule has 0 saturated carbocycles. The molecule has 0 aliphatic rings. The van der Waals surface area contributed by atoms with Gasteiger partial charge in [-0.3, -0.25) is 4.79 Å². The van der Waals surface area contributed by atoms with E-state index in [2.05, 4.69) is 5.32 Å². The van der Waals surface area contributed by atoms with Gasteiger partial charge in [0, 0.05) is 19.7 Å². The van der Waals surface area contributed by atoms with Gasteiger partial charge in [0.25, 0.3) is 0 Å². The Hall–Kier alpha value is -0.610. The molecule has 0 aliphatic carbocycles. The van der Waals surface area contributed by atoms with Crippen molar-refractivity contribution in [3.8, 4) is 0 Å². The summed E-state index contributed by atoms with van der Waals surface area (Å²) in [4.78, 5) is 12.0. The predicted octanol–water partition coefficient (Wildman–Crippen LogP) is 1.03. The minimum atomic E-state index is -0.392. The molecule has 0 heterocycles. The Morgan fingerprint density at radius 2 is 1.88 bits per heavy atom. The van der Waals surface area contributed by atoms with Crippen molar-refractivity contribution in [2.45, 2.75) is 46.0 Å². The number of carbonyl (C=O) groups is 1. The maximum absolute atomic E-state index is 12.0. The SMILES string of the molecule is CCC(CC)(CN)C(=O)NCCCCCO. The van der Waals surface area contributed by atoms with E-state index < -0.39 is 5.41 Å². The summed E-state index contributed by atoms with van der Waals surface area (Å²) in [7, 11) is 0. The van der Waals surface area contributed by atoms with E-state index >= 15 is 0 Å². The molecule has 16 heavy (non-hydrogen) atoms. The van der Waals surface area contributed by atoms with Crippen LogP contribution in [-0.2, 0) is 4.79 Å². The Kier molecular flexibility index (Phi) is 8.21. The van der Waals surface area contributed by atoms with Gasteiger partial charge >= 0.3 is 0 Å². The standard InChI is InChI=1S/C12H26N2O2/c1-3-12(4-2,10-13)11(16)14-8-6-5-7-9-15/h15H,3-10,13H2,1-2H3,(H,14,16). The maximum atomic E-state index is 12.0. The number of aliphatic hydroxyl groups excluding tert-OH is 1. The fourth-order valence-corrected chi connectivity index (χ4v) is 1.76. The van der Waals surface area contributed by atoms with Gasteiger partial charge in [-0.25, -0.2) is 0 Å². The average Bonchev–Trinajstić information content (AvgIpc) is 2.32. The molecule has 4 nitrogen and oxygen atoms in total. The number of amides is 1. The molecule has 0 saturated heterocycles. The minimum Gasteiger partial charge on any atom is -0.396 e. The average molecular weight is 230 g/mol. The van der Waals surface area contributed by atoms with Gasteiger partial charge in [0.2, 0.25) is 5.91 Å². The zero-order valence-electron chi connectivity index (χ0n) is 10.6. The van der Waals surface area contributed by atoms with Gasteiger partial charge in [-0.15, -0.1) is 0 Å². The number of unbranched alkanes of at least 4 members (excludes halogenated alkanes) is 2.